The second-order valence-corrected chi connectivity index (χ2v) is 7.16. The standard InChI is InChI=1S/C16H16F2N2O3S/c1-19-16(21)12-5-3-11(4-6-12)10-20(2)24(22,23)13-7-8-14(17)15(18)9-13/h3-9H,10H2,1-2H3,(H,19,21). The van der Waals surface area contributed by atoms with Crippen LogP contribution >= 0.6 is 0 Å². The molecule has 0 fully saturated rings. The minimum absolute atomic E-state index is 0.0232. The maximum absolute atomic E-state index is 13.3. The van der Waals surface area contributed by atoms with E-state index in [1.54, 1.807) is 24.3 Å². The lowest BCUT2D eigenvalue weighted by Crippen LogP contribution is -2.26. The Balaban J connectivity index is 2.20. The molecular formula is C16H16F2N2O3S. The van der Waals surface area contributed by atoms with Crippen LogP contribution in [0.2, 0.25) is 0 Å². The van der Waals surface area contributed by atoms with Gasteiger partial charge in [0.15, 0.2) is 11.6 Å². The molecule has 24 heavy (non-hydrogen) atoms. The van der Waals surface area contributed by atoms with Crippen LogP contribution in [0.15, 0.2) is 47.4 Å². The van der Waals surface area contributed by atoms with Gasteiger partial charge in [-0.15, -0.1) is 0 Å². The van der Waals surface area contributed by atoms with Crippen LogP contribution in [0.3, 0.4) is 0 Å². The highest BCUT2D eigenvalue weighted by Crippen LogP contribution is 2.19. The quantitative estimate of drug-likeness (QED) is 0.895. The van der Waals surface area contributed by atoms with Crippen molar-refractivity contribution in [3.63, 3.8) is 0 Å². The molecule has 0 aromatic heterocycles. The van der Waals surface area contributed by atoms with E-state index in [-0.39, 0.29) is 17.3 Å². The first-order valence-corrected chi connectivity index (χ1v) is 8.42. The van der Waals surface area contributed by atoms with Crippen molar-refractivity contribution in [1.82, 2.24) is 9.62 Å². The molecule has 1 N–H and O–H groups in total. The van der Waals surface area contributed by atoms with Crippen LogP contribution in [-0.4, -0.2) is 32.7 Å². The van der Waals surface area contributed by atoms with Crippen molar-refractivity contribution < 1.29 is 22.0 Å². The highest BCUT2D eigenvalue weighted by molar-refractivity contribution is 7.89. The van der Waals surface area contributed by atoms with E-state index in [9.17, 15) is 22.0 Å². The van der Waals surface area contributed by atoms with E-state index in [0.29, 0.717) is 17.2 Å². The fraction of sp³-hybridized carbons (Fsp3) is 0.188. The van der Waals surface area contributed by atoms with Crippen molar-refractivity contribution in [1.29, 1.82) is 0 Å². The summed E-state index contributed by atoms with van der Waals surface area (Å²) in [7, 11) is -1.11. The molecule has 2 rings (SSSR count). The van der Waals surface area contributed by atoms with Crippen LogP contribution < -0.4 is 5.32 Å². The number of benzene rings is 2. The molecule has 8 heteroatoms. The van der Waals surface area contributed by atoms with Gasteiger partial charge in [0.25, 0.3) is 5.91 Å². The average molecular weight is 354 g/mol. The number of carbonyl (C=O) groups excluding carboxylic acids is 1. The van der Waals surface area contributed by atoms with Crippen molar-refractivity contribution in [2.75, 3.05) is 14.1 Å². The van der Waals surface area contributed by atoms with E-state index in [2.05, 4.69) is 5.32 Å². The molecule has 5 nitrogen and oxygen atoms in total. The normalized spacial score (nSPS) is 11.5. The third-order valence-corrected chi connectivity index (χ3v) is 5.25. The van der Waals surface area contributed by atoms with Crippen LogP contribution in [-0.2, 0) is 16.6 Å². The summed E-state index contributed by atoms with van der Waals surface area (Å²) in [6.07, 6.45) is 0. The van der Waals surface area contributed by atoms with Gasteiger partial charge in [0.05, 0.1) is 4.90 Å². The SMILES string of the molecule is CNC(=O)c1ccc(CN(C)S(=O)(=O)c2ccc(F)c(F)c2)cc1. The third-order valence-electron chi connectivity index (χ3n) is 3.45. The predicted molar refractivity (Wildman–Crippen MR) is 84.8 cm³/mol. The van der Waals surface area contributed by atoms with Gasteiger partial charge in [-0.3, -0.25) is 4.79 Å². The Kier molecular flexibility index (Phi) is 5.30. The van der Waals surface area contributed by atoms with E-state index in [1.165, 1.54) is 14.1 Å². The van der Waals surface area contributed by atoms with E-state index < -0.39 is 21.7 Å². The van der Waals surface area contributed by atoms with Gasteiger partial charge in [-0.25, -0.2) is 17.2 Å². The maximum atomic E-state index is 13.3. The number of hydrogen-bond acceptors (Lipinski definition) is 3. The van der Waals surface area contributed by atoms with E-state index in [4.69, 9.17) is 0 Å². The first-order valence-electron chi connectivity index (χ1n) is 6.98. The molecule has 2 aromatic rings. The van der Waals surface area contributed by atoms with Crippen LogP contribution in [0.5, 0.6) is 0 Å². The van der Waals surface area contributed by atoms with Crippen molar-refractivity contribution in [3.8, 4) is 0 Å². The molecule has 0 heterocycles. The third kappa shape index (κ3) is 3.77. The van der Waals surface area contributed by atoms with Crippen molar-refractivity contribution in [2.45, 2.75) is 11.4 Å². The Hall–Kier alpha value is -2.32. The van der Waals surface area contributed by atoms with Crippen LogP contribution in [0.4, 0.5) is 8.78 Å². The number of halogens is 2. The van der Waals surface area contributed by atoms with Gasteiger partial charge in [0.1, 0.15) is 0 Å². The van der Waals surface area contributed by atoms with E-state index in [1.807, 2.05) is 0 Å². The summed E-state index contributed by atoms with van der Waals surface area (Å²) in [5.74, 6) is -2.58. The minimum Gasteiger partial charge on any atom is -0.355 e. The summed E-state index contributed by atoms with van der Waals surface area (Å²) in [6, 6.07) is 8.84. The highest BCUT2D eigenvalue weighted by atomic mass is 32.2. The van der Waals surface area contributed by atoms with Gasteiger partial charge < -0.3 is 5.32 Å². The van der Waals surface area contributed by atoms with Gasteiger partial charge in [-0.05, 0) is 35.9 Å². The Morgan fingerprint density at radius 3 is 2.25 bits per heavy atom. The van der Waals surface area contributed by atoms with Gasteiger partial charge in [0, 0.05) is 26.2 Å². The largest absolute Gasteiger partial charge is 0.355 e. The summed E-state index contributed by atoms with van der Waals surface area (Å²) in [5.41, 5.74) is 1.10. The Morgan fingerprint density at radius 1 is 1.08 bits per heavy atom. The number of amides is 1. The average Bonchev–Trinajstić information content (AvgIpc) is 2.57. The minimum atomic E-state index is -3.96. The molecule has 2 aromatic carbocycles. The number of nitrogens with one attached hydrogen (secondary N) is 1. The summed E-state index contributed by atoms with van der Waals surface area (Å²) < 4.78 is 52.0. The van der Waals surface area contributed by atoms with E-state index >= 15 is 0 Å². The first kappa shape index (κ1) is 18.0. The van der Waals surface area contributed by atoms with Gasteiger partial charge in [0.2, 0.25) is 10.0 Å². The van der Waals surface area contributed by atoms with Crippen LogP contribution in [0.1, 0.15) is 15.9 Å². The summed E-state index contributed by atoms with van der Waals surface area (Å²) >= 11 is 0. The highest BCUT2D eigenvalue weighted by Gasteiger charge is 2.22. The van der Waals surface area contributed by atoms with Gasteiger partial charge >= 0.3 is 0 Å². The number of hydrogen-bond donors (Lipinski definition) is 1. The van der Waals surface area contributed by atoms with E-state index in [0.717, 1.165) is 16.4 Å². The monoisotopic (exact) mass is 354 g/mol. The molecule has 0 aliphatic carbocycles. The molecule has 0 bridgehead atoms. The zero-order valence-corrected chi connectivity index (χ0v) is 13.9. The molecule has 0 unspecified atom stereocenters. The Morgan fingerprint density at radius 2 is 1.71 bits per heavy atom. The second-order valence-electron chi connectivity index (χ2n) is 5.11. The molecule has 1 amide bonds. The van der Waals surface area contributed by atoms with Crippen molar-refractivity contribution in [3.05, 3.63) is 65.2 Å². The summed E-state index contributed by atoms with van der Waals surface area (Å²) in [4.78, 5) is 11.1. The van der Waals surface area contributed by atoms with Crippen molar-refractivity contribution in [2.24, 2.45) is 0 Å². The lowest BCUT2D eigenvalue weighted by atomic mass is 10.1. The zero-order chi connectivity index (χ0) is 17.9. The molecule has 0 spiro atoms. The fourth-order valence-corrected chi connectivity index (χ4v) is 3.24. The molecular weight excluding hydrogens is 338 g/mol. The molecule has 0 saturated carbocycles. The fourth-order valence-electron chi connectivity index (χ4n) is 2.07. The predicted octanol–water partition coefficient (Wildman–Crippen LogP) is 2.15. The van der Waals surface area contributed by atoms with Gasteiger partial charge in [-0.1, -0.05) is 12.1 Å². The molecule has 0 aliphatic heterocycles. The summed E-state index contributed by atoms with van der Waals surface area (Å²) in [6.45, 7) is 0.0232. The van der Waals surface area contributed by atoms with Crippen LogP contribution in [0, 0.1) is 11.6 Å². The summed E-state index contributed by atoms with van der Waals surface area (Å²) in [5, 5.41) is 2.49. The number of nitrogens with zero attached hydrogens (tertiary/aromatic N) is 1. The zero-order valence-electron chi connectivity index (χ0n) is 13.1. The molecule has 0 saturated heterocycles. The number of rotatable bonds is 5. The lowest BCUT2D eigenvalue weighted by Gasteiger charge is -2.17. The maximum Gasteiger partial charge on any atom is 0.251 e. The van der Waals surface area contributed by atoms with Gasteiger partial charge in [-0.2, -0.15) is 4.31 Å². The Labute approximate surface area is 139 Å². The topological polar surface area (TPSA) is 66.5 Å². The van der Waals surface area contributed by atoms with Crippen molar-refractivity contribution >= 4 is 15.9 Å². The smallest absolute Gasteiger partial charge is 0.251 e. The van der Waals surface area contributed by atoms with Crippen LogP contribution in [0.25, 0.3) is 0 Å². The molecule has 0 aliphatic rings. The number of carbonyl (C=O) groups is 1. The number of sulfonamides is 1. The molecule has 0 atom stereocenters. The Bertz CT molecular complexity index is 852. The molecule has 0 radical (unpaired) electrons. The first-order chi connectivity index (χ1) is 11.3. The molecule has 128 valence electrons. The second kappa shape index (κ2) is 7.06. The lowest BCUT2D eigenvalue weighted by molar-refractivity contribution is 0.0963.